The number of phenols is 1. The fourth-order valence-electron chi connectivity index (χ4n) is 3.44. The predicted molar refractivity (Wildman–Crippen MR) is 89.3 cm³/mol. The Bertz CT molecular complexity index is 842. The van der Waals surface area contributed by atoms with Crippen molar-refractivity contribution in [2.24, 2.45) is 0 Å². The molecule has 118 valence electrons. The van der Waals surface area contributed by atoms with Gasteiger partial charge in [-0.05, 0) is 44.6 Å². The van der Waals surface area contributed by atoms with E-state index in [0.29, 0.717) is 18.3 Å². The molecule has 3 heterocycles. The van der Waals surface area contributed by atoms with E-state index in [4.69, 9.17) is 4.98 Å². The summed E-state index contributed by atoms with van der Waals surface area (Å²) in [6, 6.07) is 11.7. The van der Waals surface area contributed by atoms with E-state index in [1.165, 1.54) is 6.42 Å². The number of nitrogens with zero attached hydrogens (tertiary/aromatic N) is 4. The van der Waals surface area contributed by atoms with Crippen LogP contribution < -0.4 is 0 Å². The third kappa shape index (κ3) is 2.47. The number of hydrogen-bond donors (Lipinski definition) is 1. The van der Waals surface area contributed by atoms with Crippen LogP contribution in [0, 0.1) is 0 Å². The van der Waals surface area contributed by atoms with E-state index < -0.39 is 0 Å². The van der Waals surface area contributed by atoms with Crippen LogP contribution in [0.3, 0.4) is 0 Å². The van der Waals surface area contributed by atoms with Gasteiger partial charge in [0.05, 0.1) is 12.6 Å². The van der Waals surface area contributed by atoms with Crippen molar-refractivity contribution in [3.8, 4) is 5.75 Å². The number of rotatable bonds is 3. The summed E-state index contributed by atoms with van der Waals surface area (Å²) in [5, 5.41) is 10.1. The number of pyridine rings is 1. The largest absolute Gasteiger partial charge is 0.508 e. The molecule has 1 saturated heterocycles. The molecule has 5 heteroatoms. The van der Waals surface area contributed by atoms with E-state index in [1.807, 2.05) is 30.3 Å². The van der Waals surface area contributed by atoms with Gasteiger partial charge in [-0.25, -0.2) is 9.97 Å². The summed E-state index contributed by atoms with van der Waals surface area (Å²) in [4.78, 5) is 11.7. The van der Waals surface area contributed by atoms with E-state index in [0.717, 1.165) is 35.5 Å². The van der Waals surface area contributed by atoms with Gasteiger partial charge in [0.15, 0.2) is 5.65 Å². The summed E-state index contributed by atoms with van der Waals surface area (Å²) in [7, 11) is 2.15. The quantitative estimate of drug-likeness (QED) is 0.808. The first-order valence-corrected chi connectivity index (χ1v) is 8.02. The molecule has 1 aliphatic heterocycles. The van der Waals surface area contributed by atoms with Crippen molar-refractivity contribution < 1.29 is 5.11 Å². The molecule has 1 atom stereocenters. The zero-order valence-electron chi connectivity index (χ0n) is 13.2. The molecule has 2 aromatic heterocycles. The molecule has 1 N–H and O–H groups in total. The van der Waals surface area contributed by atoms with Crippen LogP contribution in [0.4, 0.5) is 0 Å². The topological polar surface area (TPSA) is 54.2 Å². The number of aromatic hydroxyl groups is 1. The predicted octanol–water partition coefficient (Wildman–Crippen LogP) is 2.95. The fraction of sp³-hybridized carbons (Fsp3) is 0.333. The lowest BCUT2D eigenvalue weighted by Gasteiger charge is -2.20. The molecule has 23 heavy (non-hydrogen) atoms. The lowest BCUT2D eigenvalue weighted by Crippen LogP contribution is -2.21. The maximum Gasteiger partial charge on any atom is 0.160 e. The van der Waals surface area contributed by atoms with Gasteiger partial charge in [-0.3, -0.25) is 4.90 Å². The summed E-state index contributed by atoms with van der Waals surface area (Å²) in [6.45, 7) is 1.68. The van der Waals surface area contributed by atoms with Crippen LogP contribution in [0.2, 0.25) is 0 Å². The Morgan fingerprint density at radius 1 is 1.22 bits per heavy atom. The second kappa shape index (κ2) is 5.66. The third-order valence-corrected chi connectivity index (χ3v) is 4.67. The molecule has 1 fully saturated rings. The summed E-state index contributed by atoms with van der Waals surface area (Å²) in [6.07, 6.45) is 4.10. The summed E-state index contributed by atoms with van der Waals surface area (Å²) < 4.78 is 2.15. The van der Waals surface area contributed by atoms with Gasteiger partial charge < -0.3 is 9.67 Å². The number of likely N-dealkylation sites (tertiary alicyclic amines) is 1. The van der Waals surface area contributed by atoms with Gasteiger partial charge in [-0.15, -0.1) is 0 Å². The number of benzene rings is 1. The lowest BCUT2D eigenvalue weighted by molar-refractivity contribution is 0.300. The highest BCUT2D eigenvalue weighted by Gasteiger charge is 2.28. The summed E-state index contributed by atoms with van der Waals surface area (Å²) >= 11 is 0. The SMILES string of the molecule is CN1CCCC1c1nc2cccnc2n1Cc1ccccc1O. The molecule has 1 aromatic carbocycles. The van der Waals surface area contributed by atoms with Crippen molar-refractivity contribution in [3.05, 3.63) is 54.0 Å². The average Bonchev–Trinajstić information content (AvgIpc) is 3.13. The molecule has 0 spiro atoms. The van der Waals surface area contributed by atoms with E-state index in [1.54, 1.807) is 12.3 Å². The highest BCUT2D eigenvalue weighted by molar-refractivity contribution is 5.71. The molecular weight excluding hydrogens is 288 g/mol. The Kier molecular flexibility index (Phi) is 3.50. The number of imidazole rings is 1. The molecule has 1 unspecified atom stereocenters. The molecular formula is C18H20N4O. The van der Waals surface area contributed by atoms with Gasteiger partial charge in [-0.2, -0.15) is 0 Å². The van der Waals surface area contributed by atoms with Crippen LogP contribution in [-0.4, -0.2) is 38.1 Å². The van der Waals surface area contributed by atoms with Gasteiger partial charge in [0.2, 0.25) is 0 Å². The van der Waals surface area contributed by atoms with Gasteiger partial charge in [0, 0.05) is 11.8 Å². The van der Waals surface area contributed by atoms with Crippen molar-refractivity contribution in [3.63, 3.8) is 0 Å². The molecule has 5 nitrogen and oxygen atoms in total. The van der Waals surface area contributed by atoms with Gasteiger partial charge in [0.1, 0.15) is 17.1 Å². The van der Waals surface area contributed by atoms with Crippen LogP contribution >= 0.6 is 0 Å². The first-order valence-electron chi connectivity index (χ1n) is 8.02. The molecule has 0 aliphatic carbocycles. The molecule has 0 radical (unpaired) electrons. The minimum Gasteiger partial charge on any atom is -0.508 e. The number of phenolic OH excluding ortho intramolecular Hbond substituents is 1. The van der Waals surface area contributed by atoms with E-state index in [-0.39, 0.29) is 0 Å². The first kappa shape index (κ1) is 14.2. The minimum absolute atomic E-state index is 0.315. The Labute approximate surface area is 135 Å². The van der Waals surface area contributed by atoms with Gasteiger partial charge in [-0.1, -0.05) is 18.2 Å². The Morgan fingerprint density at radius 2 is 2.09 bits per heavy atom. The van der Waals surface area contributed by atoms with Gasteiger partial charge in [0.25, 0.3) is 0 Å². The maximum absolute atomic E-state index is 10.1. The van der Waals surface area contributed by atoms with Crippen molar-refractivity contribution in [2.75, 3.05) is 13.6 Å². The molecule has 0 saturated carbocycles. The van der Waals surface area contributed by atoms with Crippen LogP contribution in [0.1, 0.15) is 30.3 Å². The van der Waals surface area contributed by atoms with Crippen molar-refractivity contribution >= 4 is 11.2 Å². The number of fused-ring (bicyclic) bond motifs is 1. The molecule has 1 aliphatic rings. The summed E-state index contributed by atoms with van der Waals surface area (Å²) in [5.74, 6) is 1.36. The van der Waals surface area contributed by atoms with Crippen LogP contribution in [0.15, 0.2) is 42.6 Å². The van der Waals surface area contributed by atoms with Crippen molar-refractivity contribution in [1.29, 1.82) is 0 Å². The fourth-order valence-corrected chi connectivity index (χ4v) is 3.44. The molecule has 3 aromatic rings. The standard InChI is InChI=1S/C18H20N4O/c1-21-11-5-8-15(21)18-20-14-7-4-10-19-17(14)22(18)12-13-6-2-3-9-16(13)23/h2-4,6-7,9-10,15,23H,5,8,11-12H2,1H3. The number of aromatic nitrogens is 3. The Hall–Kier alpha value is -2.40. The van der Waals surface area contributed by atoms with Crippen molar-refractivity contribution in [1.82, 2.24) is 19.4 Å². The van der Waals surface area contributed by atoms with Crippen molar-refractivity contribution in [2.45, 2.75) is 25.4 Å². The highest BCUT2D eigenvalue weighted by atomic mass is 16.3. The number of para-hydroxylation sites is 1. The summed E-state index contributed by atoms with van der Waals surface area (Å²) in [5.41, 5.74) is 2.68. The van der Waals surface area contributed by atoms with Crippen LogP contribution in [0.25, 0.3) is 11.2 Å². The van der Waals surface area contributed by atoms with E-state index >= 15 is 0 Å². The van der Waals surface area contributed by atoms with Crippen LogP contribution in [-0.2, 0) is 6.54 Å². The monoisotopic (exact) mass is 308 g/mol. The van der Waals surface area contributed by atoms with E-state index in [2.05, 4.69) is 21.5 Å². The third-order valence-electron chi connectivity index (χ3n) is 4.67. The Balaban J connectivity index is 1.84. The lowest BCUT2D eigenvalue weighted by atomic mass is 10.1. The second-order valence-corrected chi connectivity index (χ2v) is 6.17. The van der Waals surface area contributed by atoms with E-state index in [9.17, 15) is 5.11 Å². The maximum atomic E-state index is 10.1. The molecule has 4 rings (SSSR count). The normalized spacial score (nSPS) is 18.7. The zero-order valence-corrected chi connectivity index (χ0v) is 13.2. The smallest absolute Gasteiger partial charge is 0.160 e. The van der Waals surface area contributed by atoms with Crippen LogP contribution in [0.5, 0.6) is 5.75 Å². The molecule has 0 bridgehead atoms. The molecule has 0 amide bonds. The average molecular weight is 308 g/mol. The minimum atomic E-state index is 0.315. The second-order valence-electron chi connectivity index (χ2n) is 6.17. The van der Waals surface area contributed by atoms with Gasteiger partial charge >= 0.3 is 0 Å². The first-order chi connectivity index (χ1) is 11.2. The number of hydrogen-bond acceptors (Lipinski definition) is 4. The zero-order chi connectivity index (χ0) is 15.8. The Morgan fingerprint density at radius 3 is 2.87 bits per heavy atom. The highest BCUT2D eigenvalue weighted by Crippen LogP contribution is 2.32.